The Morgan fingerprint density at radius 2 is 1.75 bits per heavy atom. The summed E-state index contributed by atoms with van der Waals surface area (Å²) in [5.41, 5.74) is 3.14. The van der Waals surface area contributed by atoms with E-state index in [-0.39, 0.29) is 5.92 Å². The predicted molar refractivity (Wildman–Crippen MR) is 108 cm³/mol. The zero-order valence-electron chi connectivity index (χ0n) is 15.6. The number of thioether (sulfide) groups is 1. The van der Waals surface area contributed by atoms with E-state index < -0.39 is 5.97 Å². The average molecular weight is 353 g/mol. The second kappa shape index (κ2) is 18.4. The van der Waals surface area contributed by atoms with Crippen molar-refractivity contribution < 1.29 is 9.90 Å². The van der Waals surface area contributed by atoms with Gasteiger partial charge in [0.2, 0.25) is 0 Å². The van der Waals surface area contributed by atoms with Crippen LogP contribution in [0.2, 0.25) is 0 Å². The van der Waals surface area contributed by atoms with Crippen molar-refractivity contribution in [2.45, 2.75) is 78.1 Å². The Labute approximate surface area is 153 Å². The van der Waals surface area contributed by atoms with Gasteiger partial charge in [-0.3, -0.25) is 4.79 Å². The zero-order chi connectivity index (χ0) is 17.9. The van der Waals surface area contributed by atoms with Crippen molar-refractivity contribution in [1.29, 1.82) is 0 Å². The third-order valence-electron chi connectivity index (χ3n) is 3.92. The smallest absolute Gasteiger partial charge is 0.306 e. The van der Waals surface area contributed by atoms with Crippen molar-refractivity contribution in [3.05, 3.63) is 30.0 Å². The molecule has 1 atom stereocenters. The average Bonchev–Trinajstić information content (AvgIpc) is 2.57. The highest BCUT2D eigenvalue weighted by atomic mass is 32.2. The molecule has 3 heteroatoms. The molecule has 0 amide bonds. The second-order valence-electron chi connectivity index (χ2n) is 6.28. The van der Waals surface area contributed by atoms with E-state index in [1.54, 1.807) is 6.92 Å². The molecule has 0 bridgehead atoms. The summed E-state index contributed by atoms with van der Waals surface area (Å²) in [6, 6.07) is 0. The van der Waals surface area contributed by atoms with Crippen LogP contribution in [0.15, 0.2) is 30.0 Å². The lowest BCUT2D eigenvalue weighted by molar-refractivity contribution is -0.141. The molecule has 1 N–H and O–H groups in total. The quantitative estimate of drug-likeness (QED) is 0.192. The Kier molecular flexibility index (Phi) is 17.7. The molecule has 0 aliphatic carbocycles. The van der Waals surface area contributed by atoms with Gasteiger partial charge in [0.25, 0.3) is 0 Å². The van der Waals surface area contributed by atoms with Gasteiger partial charge < -0.3 is 5.11 Å². The molecule has 0 rings (SSSR count). The van der Waals surface area contributed by atoms with Gasteiger partial charge in [0.05, 0.1) is 5.92 Å². The monoisotopic (exact) mass is 352 g/mol. The molecule has 0 aliphatic rings. The van der Waals surface area contributed by atoms with Gasteiger partial charge in [0, 0.05) is 5.75 Å². The number of allylic oxidation sites excluding steroid dienone is 2. The number of hydrogen-bond acceptors (Lipinski definition) is 2. The van der Waals surface area contributed by atoms with E-state index in [0.717, 1.165) is 24.3 Å². The fourth-order valence-electron chi connectivity index (χ4n) is 2.24. The molecule has 138 valence electrons. The van der Waals surface area contributed by atoms with Gasteiger partial charge >= 0.3 is 5.97 Å². The van der Waals surface area contributed by atoms with E-state index in [2.05, 4.69) is 24.8 Å². The van der Waals surface area contributed by atoms with Crippen LogP contribution in [0.25, 0.3) is 0 Å². The first-order valence-electron chi connectivity index (χ1n) is 9.53. The summed E-state index contributed by atoms with van der Waals surface area (Å²) in [7, 11) is 0. The number of rotatable bonds is 16. The molecule has 0 saturated carbocycles. The van der Waals surface area contributed by atoms with Crippen LogP contribution in [0.3, 0.4) is 0 Å². The van der Waals surface area contributed by atoms with Crippen molar-refractivity contribution in [3.8, 4) is 0 Å². The minimum absolute atomic E-state index is 0.263. The molecule has 0 fully saturated rings. The zero-order valence-corrected chi connectivity index (χ0v) is 16.5. The van der Waals surface area contributed by atoms with E-state index in [0.29, 0.717) is 6.42 Å². The maximum Gasteiger partial charge on any atom is 0.306 e. The highest BCUT2D eigenvalue weighted by Crippen LogP contribution is 2.08. The Bertz CT molecular complexity index is 381. The van der Waals surface area contributed by atoms with Gasteiger partial charge in [-0.25, -0.2) is 0 Å². The lowest BCUT2D eigenvalue weighted by Gasteiger charge is -2.00. The normalized spacial score (nSPS) is 12.1. The van der Waals surface area contributed by atoms with Crippen LogP contribution in [0.5, 0.6) is 0 Å². The molecule has 0 saturated heterocycles. The summed E-state index contributed by atoms with van der Waals surface area (Å²) in [4.78, 5) is 10.7. The van der Waals surface area contributed by atoms with Crippen molar-refractivity contribution >= 4 is 17.7 Å². The second-order valence-corrected chi connectivity index (χ2v) is 7.43. The first-order valence-corrected chi connectivity index (χ1v) is 10.7. The number of carbonyl (C=O) groups is 1. The molecular formula is C21H36O2S. The first kappa shape index (κ1) is 23.1. The van der Waals surface area contributed by atoms with E-state index >= 15 is 0 Å². The standard InChI is InChI=1S/C21H36O2S/c1-3-4-5-6-7-8-9-10-12-15-18-24-19-16-13-11-14-17-20(2)21(22)23/h10-12,16,20H,3-9,14-15,17-19H2,1-2H3,(H,22,23)/b12-10-. The molecule has 0 aliphatic heterocycles. The molecule has 0 spiro atoms. The summed E-state index contributed by atoms with van der Waals surface area (Å²) < 4.78 is 0. The van der Waals surface area contributed by atoms with Gasteiger partial charge in [-0.05, 0) is 50.0 Å². The molecule has 24 heavy (non-hydrogen) atoms. The van der Waals surface area contributed by atoms with Crippen LogP contribution in [0.1, 0.15) is 78.1 Å². The Morgan fingerprint density at radius 3 is 2.50 bits per heavy atom. The van der Waals surface area contributed by atoms with E-state index in [1.807, 2.05) is 23.9 Å². The molecule has 0 aromatic rings. The molecule has 2 nitrogen and oxygen atoms in total. The SMILES string of the molecule is CCCCCCCC/C=C\CCSCC=C=CCCC(C)C(=O)O. The summed E-state index contributed by atoms with van der Waals surface area (Å²) in [6.07, 6.45) is 20.7. The number of carboxylic acids is 1. The number of hydrogen-bond donors (Lipinski definition) is 1. The van der Waals surface area contributed by atoms with Gasteiger partial charge in [-0.15, -0.1) is 5.73 Å². The maximum absolute atomic E-state index is 10.7. The summed E-state index contributed by atoms with van der Waals surface area (Å²) in [5.74, 6) is 1.16. The van der Waals surface area contributed by atoms with Gasteiger partial charge in [0.15, 0.2) is 0 Å². The predicted octanol–water partition coefficient (Wildman–Crippen LogP) is 6.63. The van der Waals surface area contributed by atoms with E-state index in [9.17, 15) is 4.79 Å². The molecule has 1 unspecified atom stereocenters. The topological polar surface area (TPSA) is 37.3 Å². The lowest BCUT2D eigenvalue weighted by atomic mass is 10.1. The Balaban J connectivity index is 3.36. The largest absolute Gasteiger partial charge is 0.481 e. The van der Waals surface area contributed by atoms with Gasteiger partial charge in [0.1, 0.15) is 0 Å². The van der Waals surface area contributed by atoms with Crippen molar-refractivity contribution in [1.82, 2.24) is 0 Å². The summed E-state index contributed by atoms with van der Waals surface area (Å²) >= 11 is 1.92. The summed E-state index contributed by atoms with van der Waals surface area (Å²) in [6.45, 7) is 4.01. The van der Waals surface area contributed by atoms with Crippen molar-refractivity contribution in [2.24, 2.45) is 5.92 Å². The van der Waals surface area contributed by atoms with Crippen LogP contribution in [-0.2, 0) is 4.79 Å². The molecular weight excluding hydrogens is 316 g/mol. The fraction of sp³-hybridized carbons (Fsp3) is 0.714. The summed E-state index contributed by atoms with van der Waals surface area (Å²) in [5, 5.41) is 8.77. The van der Waals surface area contributed by atoms with Gasteiger partial charge in [-0.1, -0.05) is 58.1 Å². The Hall–Kier alpha value is -0.920. The fourth-order valence-corrected chi connectivity index (χ4v) is 2.93. The molecule has 0 aromatic heterocycles. The third kappa shape index (κ3) is 17.4. The van der Waals surface area contributed by atoms with Crippen LogP contribution in [-0.4, -0.2) is 22.6 Å². The van der Waals surface area contributed by atoms with Crippen molar-refractivity contribution in [3.63, 3.8) is 0 Å². The van der Waals surface area contributed by atoms with E-state index in [4.69, 9.17) is 5.11 Å². The van der Waals surface area contributed by atoms with Crippen LogP contribution in [0.4, 0.5) is 0 Å². The van der Waals surface area contributed by atoms with Crippen LogP contribution >= 0.6 is 11.8 Å². The maximum atomic E-state index is 10.7. The van der Waals surface area contributed by atoms with Gasteiger partial charge in [-0.2, -0.15) is 11.8 Å². The molecule has 0 aromatic carbocycles. The Morgan fingerprint density at radius 1 is 1.04 bits per heavy atom. The van der Waals surface area contributed by atoms with Crippen molar-refractivity contribution in [2.75, 3.05) is 11.5 Å². The molecule has 0 heterocycles. The molecule has 0 radical (unpaired) electrons. The number of carboxylic acid groups (broad SMARTS) is 1. The lowest BCUT2D eigenvalue weighted by Crippen LogP contribution is -2.08. The minimum Gasteiger partial charge on any atom is -0.481 e. The third-order valence-corrected chi connectivity index (χ3v) is 4.85. The minimum atomic E-state index is -0.715. The highest BCUT2D eigenvalue weighted by molar-refractivity contribution is 7.99. The first-order chi connectivity index (χ1) is 11.7. The highest BCUT2D eigenvalue weighted by Gasteiger charge is 2.08. The number of unbranched alkanes of at least 4 members (excludes halogenated alkanes) is 6. The van der Waals surface area contributed by atoms with Crippen LogP contribution in [0, 0.1) is 5.92 Å². The van der Waals surface area contributed by atoms with E-state index in [1.165, 1.54) is 44.9 Å². The number of aliphatic carboxylic acids is 1. The van der Waals surface area contributed by atoms with Crippen LogP contribution < -0.4 is 0 Å².